The van der Waals surface area contributed by atoms with Gasteiger partial charge in [0.2, 0.25) is 11.0 Å². The highest BCUT2D eigenvalue weighted by atomic mass is 32.2. The van der Waals surface area contributed by atoms with Crippen LogP contribution in [0.3, 0.4) is 0 Å². The van der Waals surface area contributed by atoms with Gasteiger partial charge in [-0.25, -0.2) is 0 Å². The molecule has 0 bridgehead atoms. The maximum absolute atomic E-state index is 5.00. The monoisotopic (exact) mass is 257 g/mol. The van der Waals surface area contributed by atoms with E-state index in [2.05, 4.69) is 25.7 Å². The fraction of sp³-hybridized carbons (Fsp3) is 0.500. The number of hydrogen-bond acceptors (Lipinski definition) is 8. The van der Waals surface area contributed by atoms with Gasteiger partial charge < -0.3 is 9.84 Å². The quantitative estimate of drug-likeness (QED) is 0.820. The standard InChI is InChI=1S/C8H11N5OS2/c1-3-9-7-11-12-8(16-7)15-4-6-10-5(2)13-14-6/h3-4H2,1-2H3,(H,9,11). The summed E-state index contributed by atoms with van der Waals surface area (Å²) in [5.74, 6) is 1.89. The van der Waals surface area contributed by atoms with Crippen LogP contribution in [0.2, 0.25) is 0 Å². The van der Waals surface area contributed by atoms with Crippen LogP contribution in [0.5, 0.6) is 0 Å². The van der Waals surface area contributed by atoms with Gasteiger partial charge in [-0.05, 0) is 13.8 Å². The second kappa shape index (κ2) is 5.26. The number of aryl methyl sites for hydroxylation is 1. The fourth-order valence-electron chi connectivity index (χ4n) is 1.01. The van der Waals surface area contributed by atoms with E-state index in [1.54, 1.807) is 18.7 Å². The Morgan fingerprint density at radius 1 is 1.44 bits per heavy atom. The first kappa shape index (κ1) is 11.3. The number of hydrogen-bond donors (Lipinski definition) is 1. The minimum Gasteiger partial charge on any atom is -0.360 e. The van der Waals surface area contributed by atoms with E-state index < -0.39 is 0 Å². The summed E-state index contributed by atoms with van der Waals surface area (Å²) in [5, 5.41) is 15.7. The molecule has 6 nitrogen and oxygen atoms in total. The van der Waals surface area contributed by atoms with Gasteiger partial charge >= 0.3 is 0 Å². The molecule has 0 saturated heterocycles. The molecule has 0 radical (unpaired) electrons. The summed E-state index contributed by atoms with van der Waals surface area (Å²) < 4.78 is 5.89. The highest BCUT2D eigenvalue weighted by Crippen LogP contribution is 2.27. The van der Waals surface area contributed by atoms with E-state index in [4.69, 9.17) is 4.52 Å². The Morgan fingerprint density at radius 3 is 3.00 bits per heavy atom. The molecule has 1 N–H and O–H groups in total. The zero-order valence-electron chi connectivity index (χ0n) is 8.93. The van der Waals surface area contributed by atoms with Crippen LogP contribution in [0.25, 0.3) is 0 Å². The van der Waals surface area contributed by atoms with Gasteiger partial charge in [0.15, 0.2) is 10.2 Å². The summed E-state index contributed by atoms with van der Waals surface area (Å²) in [4.78, 5) is 4.11. The third-order valence-electron chi connectivity index (χ3n) is 1.62. The molecular formula is C8H11N5OS2. The molecule has 2 heterocycles. The molecule has 0 spiro atoms. The molecule has 0 saturated carbocycles. The Balaban J connectivity index is 1.89. The lowest BCUT2D eigenvalue weighted by atomic mass is 10.7. The first-order chi connectivity index (χ1) is 7.78. The number of thioether (sulfide) groups is 1. The zero-order valence-corrected chi connectivity index (χ0v) is 10.6. The van der Waals surface area contributed by atoms with Crippen LogP contribution in [0, 0.1) is 6.92 Å². The fourth-order valence-corrected chi connectivity index (χ4v) is 2.67. The first-order valence-corrected chi connectivity index (χ1v) is 6.57. The van der Waals surface area contributed by atoms with Gasteiger partial charge in [-0.3, -0.25) is 0 Å². The van der Waals surface area contributed by atoms with Crippen molar-refractivity contribution in [3.05, 3.63) is 11.7 Å². The summed E-state index contributed by atoms with van der Waals surface area (Å²) in [5.41, 5.74) is 0. The van der Waals surface area contributed by atoms with E-state index in [0.717, 1.165) is 16.0 Å². The largest absolute Gasteiger partial charge is 0.360 e. The lowest BCUT2D eigenvalue weighted by Gasteiger charge is -1.91. The smallest absolute Gasteiger partial charge is 0.237 e. The second-order valence-corrected chi connectivity index (χ2v) is 5.13. The molecule has 0 atom stereocenters. The van der Waals surface area contributed by atoms with Gasteiger partial charge in [-0.1, -0.05) is 28.3 Å². The SMILES string of the molecule is CCNc1nnc(SCc2nc(C)no2)s1. The van der Waals surface area contributed by atoms with Crippen LogP contribution < -0.4 is 5.32 Å². The average molecular weight is 257 g/mol. The van der Waals surface area contributed by atoms with Gasteiger partial charge in [0.05, 0.1) is 5.75 Å². The topological polar surface area (TPSA) is 76.7 Å². The van der Waals surface area contributed by atoms with Gasteiger partial charge in [0, 0.05) is 6.54 Å². The molecule has 0 unspecified atom stereocenters. The van der Waals surface area contributed by atoms with E-state index in [0.29, 0.717) is 17.5 Å². The van der Waals surface area contributed by atoms with E-state index in [9.17, 15) is 0 Å². The predicted molar refractivity (Wildman–Crippen MR) is 62.7 cm³/mol. The highest BCUT2D eigenvalue weighted by molar-refractivity contribution is 8.00. The molecule has 2 aromatic rings. The number of nitrogens with zero attached hydrogens (tertiary/aromatic N) is 4. The van der Waals surface area contributed by atoms with Crippen LogP contribution >= 0.6 is 23.1 Å². The van der Waals surface area contributed by atoms with Crippen LogP contribution in [0.1, 0.15) is 18.6 Å². The molecule has 0 fully saturated rings. The Morgan fingerprint density at radius 2 is 2.31 bits per heavy atom. The minimum atomic E-state index is 0.614. The molecule has 8 heteroatoms. The van der Waals surface area contributed by atoms with Gasteiger partial charge in [0.1, 0.15) is 0 Å². The van der Waals surface area contributed by atoms with Crippen molar-refractivity contribution in [1.29, 1.82) is 0 Å². The minimum absolute atomic E-state index is 0.614. The lowest BCUT2D eigenvalue weighted by molar-refractivity contribution is 0.387. The molecule has 2 rings (SSSR count). The molecule has 2 aromatic heterocycles. The molecule has 0 aromatic carbocycles. The average Bonchev–Trinajstić information content (AvgIpc) is 2.85. The molecule has 0 amide bonds. The molecular weight excluding hydrogens is 246 g/mol. The van der Waals surface area contributed by atoms with Crippen molar-refractivity contribution in [3.8, 4) is 0 Å². The third kappa shape index (κ3) is 2.92. The van der Waals surface area contributed by atoms with Crippen LogP contribution in [-0.2, 0) is 5.75 Å². The lowest BCUT2D eigenvalue weighted by Crippen LogP contribution is -1.94. The second-order valence-electron chi connectivity index (χ2n) is 2.93. The molecule has 0 aliphatic heterocycles. The highest BCUT2D eigenvalue weighted by Gasteiger charge is 2.07. The van der Waals surface area contributed by atoms with Crippen molar-refractivity contribution in [2.24, 2.45) is 0 Å². The van der Waals surface area contributed by atoms with Gasteiger partial charge in [-0.2, -0.15) is 4.98 Å². The van der Waals surface area contributed by atoms with E-state index in [1.165, 1.54) is 11.3 Å². The third-order valence-corrected chi connectivity index (χ3v) is 3.62. The van der Waals surface area contributed by atoms with Crippen molar-refractivity contribution in [2.75, 3.05) is 11.9 Å². The van der Waals surface area contributed by atoms with Gasteiger partial charge in [0.25, 0.3) is 0 Å². The van der Waals surface area contributed by atoms with E-state index >= 15 is 0 Å². The maximum atomic E-state index is 5.00. The van der Waals surface area contributed by atoms with Crippen molar-refractivity contribution in [1.82, 2.24) is 20.3 Å². The van der Waals surface area contributed by atoms with E-state index in [-0.39, 0.29) is 0 Å². The summed E-state index contributed by atoms with van der Waals surface area (Å²) in [6, 6.07) is 0. The van der Waals surface area contributed by atoms with Crippen LogP contribution in [0.4, 0.5) is 5.13 Å². The summed E-state index contributed by atoms with van der Waals surface area (Å²) in [7, 11) is 0. The van der Waals surface area contributed by atoms with Crippen molar-refractivity contribution in [3.63, 3.8) is 0 Å². The van der Waals surface area contributed by atoms with Crippen molar-refractivity contribution >= 4 is 28.2 Å². The molecule has 86 valence electrons. The summed E-state index contributed by atoms with van der Waals surface area (Å²) in [6.45, 7) is 4.67. The Hall–Kier alpha value is -1.15. The zero-order chi connectivity index (χ0) is 11.4. The maximum Gasteiger partial charge on any atom is 0.237 e. The van der Waals surface area contributed by atoms with Crippen LogP contribution in [0.15, 0.2) is 8.86 Å². The number of aromatic nitrogens is 4. The van der Waals surface area contributed by atoms with Crippen molar-refractivity contribution < 1.29 is 4.52 Å². The normalized spacial score (nSPS) is 10.6. The Kier molecular flexibility index (Phi) is 3.73. The molecule has 16 heavy (non-hydrogen) atoms. The first-order valence-electron chi connectivity index (χ1n) is 4.77. The number of anilines is 1. The Labute approximate surface area is 101 Å². The molecule has 0 aliphatic rings. The van der Waals surface area contributed by atoms with Crippen LogP contribution in [-0.4, -0.2) is 26.9 Å². The van der Waals surface area contributed by atoms with Gasteiger partial charge in [-0.15, -0.1) is 10.2 Å². The summed E-state index contributed by atoms with van der Waals surface area (Å²) in [6.07, 6.45) is 0. The molecule has 0 aliphatic carbocycles. The number of nitrogens with one attached hydrogen (secondary N) is 1. The summed E-state index contributed by atoms with van der Waals surface area (Å²) >= 11 is 3.07. The Bertz CT molecular complexity index is 455. The van der Waals surface area contributed by atoms with Crippen molar-refractivity contribution in [2.45, 2.75) is 23.9 Å². The number of rotatable bonds is 5. The van der Waals surface area contributed by atoms with E-state index in [1.807, 2.05) is 6.92 Å². The predicted octanol–water partition coefficient (Wildman–Crippen LogP) is 1.95.